The summed E-state index contributed by atoms with van der Waals surface area (Å²) in [6.07, 6.45) is 3.38. The molecule has 0 bridgehead atoms. The van der Waals surface area contributed by atoms with Crippen molar-refractivity contribution in [2.24, 2.45) is 0 Å². The van der Waals surface area contributed by atoms with Gasteiger partial charge >= 0.3 is 0 Å². The summed E-state index contributed by atoms with van der Waals surface area (Å²) >= 11 is 5.63. The molecule has 1 saturated carbocycles. The molecule has 1 aromatic rings. The number of carbonyl (C=O) groups is 1. The van der Waals surface area contributed by atoms with Crippen molar-refractivity contribution >= 4 is 17.5 Å². The molecule has 0 aromatic heterocycles. The first-order valence-electron chi connectivity index (χ1n) is 5.95. The molecular weight excluding hydrogens is 257 g/mol. The van der Waals surface area contributed by atoms with Crippen LogP contribution in [-0.4, -0.2) is 23.2 Å². The minimum absolute atomic E-state index is 0.0425. The second-order valence-corrected chi connectivity index (χ2v) is 5.16. The zero-order valence-electron chi connectivity index (χ0n) is 9.88. The van der Waals surface area contributed by atoms with Gasteiger partial charge in [-0.2, -0.15) is 0 Å². The number of benzene rings is 1. The summed E-state index contributed by atoms with van der Waals surface area (Å²) in [5.74, 6) is -1.15. The first kappa shape index (κ1) is 13.3. The van der Waals surface area contributed by atoms with Gasteiger partial charge in [0.2, 0.25) is 0 Å². The van der Waals surface area contributed by atoms with Crippen LogP contribution in [-0.2, 0) is 0 Å². The van der Waals surface area contributed by atoms with Crippen molar-refractivity contribution in [3.63, 3.8) is 0 Å². The third kappa shape index (κ3) is 2.65. The van der Waals surface area contributed by atoms with Crippen molar-refractivity contribution in [3.05, 3.63) is 34.6 Å². The SMILES string of the molecule is O=C(NC1(CO)CCCC1)c1ccc(Cl)cc1F. The van der Waals surface area contributed by atoms with Crippen molar-refractivity contribution in [2.75, 3.05) is 6.61 Å². The summed E-state index contributed by atoms with van der Waals surface area (Å²) in [5.41, 5.74) is -0.637. The fourth-order valence-electron chi connectivity index (χ4n) is 2.36. The minimum Gasteiger partial charge on any atom is -0.394 e. The number of nitrogens with one attached hydrogen (secondary N) is 1. The quantitative estimate of drug-likeness (QED) is 0.887. The van der Waals surface area contributed by atoms with Crippen LogP contribution >= 0.6 is 11.6 Å². The number of rotatable bonds is 3. The summed E-state index contributed by atoms with van der Waals surface area (Å²) < 4.78 is 13.6. The van der Waals surface area contributed by atoms with E-state index in [1.165, 1.54) is 12.1 Å². The van der Waals surface area contributed by atoms with Gasteiger partial charge < -0.3 is 10.4 Å². The summed E-state index contributed by atoms with van der Waals surface area (Å²) in [6, 6.07) is 3.93. The van der Waals surface area contributed by atoms with E-state index in [9.17, 15) is 14.3 Å². The highest BCUT2D eigenvalue weighted by molar-refractivity contribution is 6.30. The molecule has 2 rings (SSSR count). The molecule has 1 aromatic carbocycles. The normalized spacial score (nSPS) is 17.7. The van der Waals surface area contributed by atoms with Gasteiger partial charge in [0.05, 0.1) is 17.7 Å². The summed E-state index contributed by atoms with van der Waals surface area (Å²) in [6.45, 7) is -0.117. The molecule has 1 amide bonds. The molecule has 1 aliphatic carbocycles. The molecule has 5 heteroatoms. The van der Waals surface area contributed by atoms with E-state index in [1.54, 1.807) is 0 Å². The Morgan fingerprint density at radius 3 is 2.67 bits per heavy atom. The molecule has 0 unspecified atom stereocenters. The molecule has 2 N–H and O–H groups in total. The third-order valence-electron chi connectivity index (χ3n) is 3.42. The first-order valence-corrected chi connectivity index (χ1v) is 6.32. The van der Waals surface area contributed by atoms with E-state index in [0.29, 0.717) is 0 Å². The molecule has 18 heavy (non-hydrogen) atoms. The zero-order valence-corrected chi connectivity index (χ0v) is 10.6. The zero-order chi connectivity index (χ0) is 13.2. The van der Waals surface area contributed by atoms with Crippen LogP contribution in [0.15, 0.2) is 18.2 Å². The van der Waals surface area contributed by atoms with E-state index in [1.807, 2.05) is 0 Å². The second-order valence-electron chi connectivity index (χ2n) is 4.72. The van der Waals surface area contributed by atoms with Crippen LogP contribution in [0, 0.1) is 5.82 Å². The fourth-order valence-corrected chi connectivity index (χ4v) is 2.51. The Labute approximate surface area is 110 Å². The maximum atomic E-state index is 13.6. The predicted molar refractivity (Wildman–Crippen MR) is 67.2 cm³/mol. The molecule has 0 atom stereocenters. The largest absolute Gasteiger partial charge is 0.394 e. The molecule has 0 heterocycles. The second kappa shape index (κ2) is 5.24. The van der Waals surface area contributed by atoms with E-state index in [2.05, 4.69) is 5.32 Å². The Morgan fingerprint density at radius 2 is 2.11 bits per heavy atom. The number of hydrogen-bond donors (Lipinski definition) is 2. The lowest BCUT2D eigenvalue weighted by atomic mass is 9.98. The summed E-state index contributed by atoms with van der Waals surface area (Å²) in [7, 11) is 0. The van der Waals surface area contributed by atoms with Crippen LogP contribution in [0.3, 0.4) is 0 Å². The summed E-state index contributed by atoms with van der Waals surface area (Å²) in [4.78, 5) is 12.0. The summed E-state index contributed by atoms with van der Waals surface area (Å²) in [5, 5.41) is 12.4. The molecule has 1 fully saturated rings. The number of amides is 1. The Balaban J connectivity index is 2.16. The van der Waals surface area contributed by atoms with Crippen molar-refractivity contribution in [2.45, 2.75) is 31.2 Å². The fraction of sp³-hybridized carbons (Fsp3) is 0.462. The minimum atomic E-state index is -0.647. The standard InChI is InChI=1S/C13H15ClFNO2/c14-9-3-4-10(11(15)7-9)12(18)16-13(8-17)5-1-2-6-13/h3-4,7,17H,1-2,5-6,8H2,(H,16,18). The first-order chi connectivity index (χ1) is 8.56. The van der Waals surface area contributed by atoms with Gasteiger partial charge in [0.25, 0.3) is 5.91 Å². The maximum Gasteiger partial charge on any atom is 0.254 e. The highest BCUT2D eigenvalue weighted by Gasteiger charge is 2.35. The van der Waals surface area contributed by atoms with E-state index in [4.69, 9.17) is 11.6 Å². The Bertz CT molecular complexity index is 458. The van der Waals surface area contributed by atoms with Gasteiger partial charge in [-0.1, -0.05) is 24.4 Å². The number of aliphatic hydroxyl groups is 1. The Kier molecular flexibility index (Phi) is 3.88. The van der Waals surface area contributed by atoms with E-state index in [-0.39, 0.29) is 17.2 Å². The number of hydrogen-bond acceptors (Lipinski definition) is 2. The van der Waals surface area contributed by atoms with Gasteiger partial charge in [0.1, 0.15) is 5.82 Å². The van der Waals surface area contributed by atoms with Crippen molar-refractivity contribution in [3.8, 4) is 0 Å². The molecule has 1 aliphatic rings. The van der Waals surface area contributed by atoms with Crippen LogP contribution in [0.1, 0.15) is 36.0 Å². The molecule has 98 valence electrons. The monoisotopic (exact) mass is 271 g/mol. The van der Waals surface area contributed by atoms with Crippen LogP contribution < -0.4 is 5.32 Å². The molecule has 0 aliphatic heterocycles. The van der Waals surface area contributed by atoms with Crippen molar-refractivity contribution in [1.29, 1.82) is 0 Å². The van der Waals surface area contributed by atoms with Crippen molar-refractivity contribution < 1.29 is 14.3 Å². The van der Waals surface area contributed by atoms with Gasteiger partial charge in [-0.3, -0.25) is 4.79 Å². The average Bonchev–Trinajstić information content (AvgIpc) is 2.78. The Hall–Kier alpha value is -1.13. The van der Waals surface area contributed by atoms with Gasteiger partial charge in [-0.15, -0.1) is 0 Å². The molecule has 0 radical (unpaired) electrons. The smallest absolute Gasteiger partial charge is 0.254 e. The number of halogens is 2. The van der Waals surface area contributed by atoms with Crippen LogP contribution in [0.25, 0.3) is 0 Å². The van der Waals surface area contributed by atoms with Gasteiger partial charge in [0.15, 0.2) is 0 Å². The van der Waals surface area contributed by atoms with E-state index >= 15 is 0 Å². The topological polar surface area (TPSA) is 49.3 Å². The van der Waals surface area contributed by atoms with Crippen molar-refractivity contribution in [1.82, 2.24) is 5.32 Å². The van der Waals surface area contributed by atoms with Gasteiger partial charge in [-0.05, 0) is 31.0 Å². The van der Waals surface area contributed by atoms with Crippen LogP contribution in [0.5, 0.6) is 0 Å². The molecule has 0 spiro atoms. The average molecular weight is 272 g/mol. The Morgan fingerprint density at radius 1 is 1.44 bits per heavy atom. The maximum absolute atomic E-state index is 13.6. The predicted octanol–water partition coefficient (Wildman–Crippen LogP) is 2.51. The number of aliphatic hydroxyl groups excluding tert-OH is 1. The lowest BCUT2D eigenvalue weighted by Crippen LogP contribution is -2.49. The molecule has 3 nitrogen and oxygen atoms in total. The van der Waals surface area contributed by atoms with Gasteiger partial charge in [-0.25, -0.2) is 4.39 Å². The van der Waals surface area contributed by atoms with E-state index < -0.39 is 17.3 Å². The lowest BCUT2D eigenvalue weighted by Gasteiger charge is -2.28. The lowest BCUT2D eigenvalue weighted by molar-refractivity contribution is 0.0834. The highest BCUT2D eigenvalue weighted by atomic mass is 35.5. The van der Waals surface area contributed by atoms with Crippen LogP contribution in [0.4, 0.5) is 4.39 Å². The van der Waals surface area contributed by atoms with E-state index in [0.717, 1.165) is 31.7 Å². The van der Waals surface area contributed by atoms with Crippen LogP contribution in [0.2, 0.25) is 5.02 Å². The van der Waals surface area contributed by atoms with Gasteiger partial charge in [0, 0.05) is 5.02 Å². The highest BCUT2D eigenvalue weighted by Crippen LogP contribution is 2.29. The molecular formula is C13H15ClFNO2. The third-order valence-corrected chi connectivity index (χ3v) is 3.65. The molecule has 0 saturated heterocycles. The number of carbonyl (C=O) groups excluding carboxylic acids is 1.